The minimum absolute atomic E-state index is 0.252. The molecule has 1 heterocycles. The molecule has 1 amide bonds. The van der Waals surface area contributed by atoms with Crippen molar-refractivity contribution in [3.05, 3.63) is 24.3 Å². The van der Waals surface area contributed by atoms with Gasteiger partial charge in [-0.2, -0.15) is 0 Å². The smallest absolute Gasteiger partial charge is 0.331 e. The summed E-state index contributed by atoms with van der Waals surface area (Å²) in [4.78, 5) is 27.0. The van der Waals surface area contributed by atoms with E-state index in [-0.39, 0.29) is 12.5 Å². The molecule has 0 fully saturated rings. The van der Waals surface area contributed by atoms with Crippen LogP contribution in [0.5, 0.6) is 0 Å². The maximum atomic E-state index is 11.5. The third-order valence-corrected chi connectivity index (χ3v) is 2.90. The van der Waals surface area contributed by atoms with Crippen molar-refractivity contribution in [1.29, 1.82) is 0 Å². The standard InChI is InChI=1S/C15H23N3O3/c1-3-5-6-9-17-14(19)12-21-15(20)8-7-13-16-10-11-18(13)4-2/h7-8,10-11H,3-6,9,12H2,1-2H3,(H,17,19)/b8-7+. The number of unbranched alkanes of at least 4 members (excludes halogenated alkanes) is 2. The molecule has 0 atom stereocenters. The molecule has 1 N–H and O–H groups in total. The normalized spacial score (nSPS) is 10.8. The van der Waals surface area contributed by atoms with Gasteiger partial charge >= 0.3 is 5.97 Å². The van der Waals surface area contributed by atoms with E-state index in [0.29, 0.717) is 12.4 Å². The number of amides is 1. The van der Waals surface area contributed by atoms with Gasteiger partial charge < -0.3 is 14.6 Å². The molecule has 1 rings (SSSR count). The van der Waals surface area contributed by atoms with Crippen LogP contribution in [0.15, 0.2) is 18.5 Å². The summed E-state index contributed by atoms with van der Waals surface area (Å²) in [5, 5.41) is 2.70. The van der Waals surface area contributed by atoms with Gasteiger partial charge in [-0.15, -0.1) is 0 Å². The predicted octanol–water partition coefficient (Wildman–Crippen LogP) is 1.77. The van der Waals surface area contributed by atoms with Gasteiger partial charge in [0.15, 0.2) is 6.61 Å². The van der Waals surface area contributed by atoms with Gasteiger partial charge in [-0.05, 0) is 19.4 Å². The van der Waals surface area contributed by atoms with E-state index in [9.17, 15) is 9.59 Å². The molecule has 1 aromatic rings. The third kappa shape index (κ3) is 6.74. The van der Waals surface area contributed by atoms with Gasteiger partial charge in [-0.3, -0.25) is 4.79 Å². The highest BCUT2D eigenvalue weighted by atomic mass is 16.5. The van der Waals surface area contributed by atoms with Crippen molar-refractivity contribution in [2.24, 2.45) is 0 Å². The molecule has 6 nitrogen and oxygen atoms in total. The van der Waals surface area contributed by atoms with Gasteiger partial charge in [0.05, 0.1) is 0 Å². The molecule has 0 radical (unpaired) electrons. The lowest BCUT2D eigenvalue weighted by Gasteiger charge is -2.04. The number of aryl methyl sites for hydroxylation is 1. The average molecular weight is 293 g/mol. The Morgan fingerprint density at radius 1 is 1.38 bits per heavy atom. The predicted molar refractivity (Wildman–Crippen MR) is 80.4 cm³/mol. The Kier molecular flexibility index (Phi) is 7.86. The summed E-state index contributed by atoms with van der Waals surface area (Å²) in [5.41, 5.74) is 0. The molecule has 0 aliphatic rings. The fourth-order valence-corrected chi connectivity index (χ4v) is 1.73. The Balaban J connectivity index is 2.26. The molecule has 0 spiro atoms. The Bertz CT molecular complexity index is 480. The summed E-state index contributed by atoms with van der Waals surface area (Å²) < 4.78 is 6.75. The van der Waals surface area contributed by atoms with Crippen molar-refractivity contribution in [3.63, 3.8) is 0 Å². The molecule has 0 bridgehead atoms. The second-order valence-electron chi connectivity index (χ2n) is 4.57. The van der Waals surface area contributed by atoms with Gasteiger partial charge in [-0.25, -0.2) is 9.78 Å². The average Bonchev–Trinajstić information content (AvgIpc) is 2.95. The number of hydrogen-bond acceptors (Lipinski definition) is 4. The molecular weight excluding hydrogens is 270 g/mol. The van der Waals surface area contributed by atoms with Crippen LogP contribution in [0, 0.1) is 0 Å². The summed E-state index contributed by atoms with van der Waals surface area (Å²) in [7, 11) is 0. The maximum Gasteiger partial charge on any atom is 0.331 e. The second kappa shape index (κ2) is 9.74. The van der Waals surface area contributed by atoms with Crippen LogP contribution in [-0.2, 0) is 20.9 Å². The minimum atomic E-state index is -0.552. The Morgan fingerprint density at radius 2 is 2.19 bits per heavy atom. The van der Waals surface area contributed by atoms with Crippen LogP contribution < -0.4 is 5.32 Å². The van der Waals surface area contributed by atoms with Crippen molar-refractivity contribution >= 4 is 18.0 Å². The topological polar surface area (TPSA) is 73.2 Å². The molecular formula is C15H23N3O3. The molecule has 0 aliphatic carbocycles. The second-order valence-corrected chi connectivity index (χ2v) is 4.57. The van der Waals surface area contributed by atoms with Crippen molar-refractivity contribution in [2.45, 2.75) is 39.7 Å². The molecule has 0 saturated carbocycles. The van der Waals surface area contributed by atoms with Gasteiger partial charge in [0.2, 0.25) is 0 Å². The summed E-state index contributed by atoms with van der Waals surface area (Å²) in [5.74, 6) is -0.147. The van der Waals surface area contributed by atoms with Crippen LogP contribution in [0.25, 0.3) is 6.08 Å². The van der Waals surface area contributed by atoms with Crippen LogP contribution in [-0.4, -0.2) is 34.6 Å². The number of rotatable bonds is 9. The Labute approximate surface area is 125 Å². The summed E-state index contributed by atoms with van der Waals surface area (Å²) >= 11 is 0. The van der Waals surface area contributed by atoms with Crippen molar-refractivity contribution in [3.8, 4) is 0 Å². The Hall–Kier alpha value is -2.11. The molecule has 0 aliphatic heterocycles. The summed E-state index contributed by atoms with van der Waals surface area (Å²) in [6.45, 7) is 5.22. The zero-order chi connectivity index (χ0) is 15.5. The number of imidazole rings is 1. The zero-order valence-corrected chi connectivity index (χ0v) is 12.7. The monoisotopic (exact) mass is 293 g/mol. The first-order valence-corrected chi connectivity index (χ1v) is 7.30. The number of nitrogens with zero attached hydrogens (tertiary/aromatic N) is 2. The van der Waals surface area contributed by atoms with E-state index in [1.807, 2.05) is 17.7 Å². The largest absolute Gasteiger partial charge is 0.452 e. The van der Waals surface area contributed by atoms with Crippen LogP contribution in [0.4, 0.5) is 0 Å². The molecule has 1 aromatic heterocycles. The summed E-state index contributed by atoms with van der Waals surface area (Å²) in [6, 6.07) is 0. The van der Waals surface area contributed by atoms with Crippen molar-refractivity contribution < 1.29 is 14.3 Å². The van der Waals surface area contributed by atoms with Gasteiger partial charge in [0.25, 0.3) is 5.91 Å². The van der Waals surface area contributed by atoms with E-state index in [1.54, 1.807) is 12.3 Å². The van der Waals surface area contributed by atoms with E-state index in [0.717, 1.165) is 25.8 Å². The van der Waals surface area contributed by atoms with Gasteiger partial charge in [0.1, 0.15) is 5.82 Å². The zero-order valence-electron chi connectivity index (χ0n) is 12.7. The first-order valence-electron chi connectivity index (χ1n) is 7.30. The molecule has 6 heteroatoms. The van der Waals surface area contributed by atoms with Crippen LogP contribution in [0.1, 0.15) is 38.9 Å². The number of carbonyl (C=O) groups is 2. The first kappa shape index (κ1) is 16.9. The third-order valence-electron chi connectivity index (χ3n) is 2.90. The molecule has 0 unspecified atom stereocenters. The van der Waals surface area contributed by atoms with E-state index in [1.165, 1.54) is 6.08 Å². The highest BCUT2D eigenvalue weighted by molar-refractivity contribution is 5.88. The lowest BCUT2D eigenvalue weighted by molar-refractivity contribution is -0.143. The highest BCUT2D eigenvalue weighted by Gasteiger charge is 2.04. The highest BCUT2D eigenvalue weighted by Crippen LogP contribution is 2.00. The van der Waals surface area contributed by atoms with E-state index < -0.39 is 5.97 Å². The van der Waals surface area contributed by atoms with E-state index in [4.69, 9.17) is 4.74 Å². The van der Waals surface area contributed by atoms with Gasteiger partial charge in [0, 0.05) is 31.6 Å². The van der Waals surface area contributed by atoms with Crippen molar-refractivity contribution in [2.75, 3.05) is 13.2 Å². The first-order chi connectivity index (χ1) is 10.2. The van der Waals surface area contributed by atoms with Crippen LogP contribution in [0.2, 0.25) is 0 Å². The number of carbonyl (C=O) groups excluding carboxylic acids is 2. The summed E-state index contributed by atoms with van der Waals surface area (Å²) in [6.07, 6.45) is 9.46. The van der Waals surface area contributed by atoms with Crippen LogP contribution in [0.3, 0.4) is 0 Å². The number of esters is 1. The maximum absolute atomic E-state index is 11.5. The Morgan fingerprint density at radius 3 is 2.90 bits per heavy atom. The number of hydrogen-bond donors (Lipinski definition) is 1. The van der Waals surface area contributed by atoms with Gasteiger partial charge in [-0.1, -0.05) is 19.8 Å². The van der Waals surface area contributed by atoms with Crippen LogP contribution >= 0.6 is 0 Å². The number of nitrogens with one attached hydrogen (secondary N) is 1. The molecule has 0 saturated heterocycles. The molecule has 116 valence electrons. The number of aromatic nitrogens is 2. The van der Waals surface area contributed by atoms with Crippen molar-refractivity contribution in [1.82, 2.24) is 14.9 Å². The SMILES string of the molecule is CCCCCNC(=O)COC(=O)/C=C/c1nccn1CC. The lowest BCUT2D eigenvalue weighted by Crippen LogP contribution is -2.29. The van der Waals surface area contributed by atoms with E-state index in [2.05, 4.69) is 17.2 Å². The number of ether oxygens (including phenoxy) is 1. The molecule has 21 heavy (non-hydrogen) atoms. The minimum Gasteiger partial charge on any atom is -0.452 e. The quantitative estimate of drug-likeness (QED) is 0.428. The van der Waals surface area contributed by atoms with E-state index >= 15 is 0 Å². The lowest BCUT2D eigenvalue weighted by atomic mass is 10.2. The fraction of sp³-hybridized carbons (Fsp3) is 0.533. The fourth-order valence-electron chi connectivity index (χ4n) is 1.73. The molecule has 0 aromatic carbocycles.